The number of nitrogens with one attached hydrogen (secondary N) is 1. The van der Waals surface area contributed by atoms with Crippen molar-refractivity contribution in [1.29, 1.82) is 0 Å². The van der Waals surface area contributed by atoms with Crippen molar-refractivity contribution in [2.45, 2.75) is 19.8 Å². The van der Waals surface area contributed by atoms with E-state index in [-0.39, 0.29) is 11.9 Å². The lowest BCUT2D eigenvalue weighted by molar-refractivity contribution is -0.147. The third kappa shape index (κ3) is 1.70. The van der Waals surface area contributed by atoms with Gasteiger partial charge >= 0.3 is 5.97 Å². The van der Waals surface area contributed by atoms with Crippen LogP contribution in [0.15, 0.2) is 0 Å². The molecule has 3 heteroatoms. The maximum Gasteiger partial charge on any atom is 0.308 e. The summed E-state index contributed by atoms with van der Waals surface area (Å²) in [7, 11) is 0. The van der Waals surface area contributed by atoms with Crippen molar-refractivity contribution in [3.8, 4) is 0 Å². The molecule has 1 aliphatic carbocycles. The maximum atomic E-state index is 11.4. The van der Waals surface area contributed by atoms with E-state index >= 15 is 0 Å². The van der Waals surface area contributed by atoms with Gasteiger partial charge in [-0.25, -0.2) is 0 Å². The number of fused-ring (bicyclic) bond motifs is 1. The second-order valence-corrected chi connectivity index (χ2v) is 4.10. The van der Waals surface area contributed by atoms with Crippen molar-refractivity contribution in [3.05, 3.63) is 0 Å². The van der Waals surface area contributed by atoms with Gasteiger partial charge in [0.1, 0.15) is 0 Å². The zero-order valence-electron chi connectivity index (χ0n) is 8.08. The van der Waals surface area contributed by atoms with Gasteiger partial charge in [-0.15, -0.1) is 0 Å². The fourth-order valence-electron chi connectivity index (χ4n) is 2.62. The van der Waals surface area contributed by atoms with Crippen LogP contribution in [0.1, 0.15) is 19.8 Å². The molecule has 2 rings (SSSR count). The van der Waals surface area contributed by atoms with Gasteiger partial charge in [-0.3, -0.25) is 4.79 Å². The lowest BCUT2D eigenvalue weighted by Crippen LogP contribution is -2.19. The zero-order chi connectivity index (χ0) is 9.26. The SMILES string of the molecule is CCOC(=O)C1CC2CNCC2C1. The molecule has 1 saturated heterocycles. The molecule has 0 radical (unpaired) electrons. The van der Waals surface area contributed by atoms with E-state index in [0.29, 0.717) is 6.61 Å². The van der Waals surface area contributed by atoms with Crippen molar-refractivity contribution >= 4 is 5.97 Å². The smallest absolute Gasteiger partial charge is 0.308 e. The van der Waals surface area contributed by atoms with Crippen molar-refractivity contribution < 1.29 is 9.53 Å². The minimum absolute atomic E-state index is 0.0249. The Morgan fingerprint density at radius 1 is 1.38 bits per heavy atom. The van der Waals surface area contributed by atoms with E-state index in [1.165, 1.54) is 0 Å². The largest absolute Gasteiger partial charge is 0.466 e. The highest BCUT2D eigenvalue weighted by atomic mass is 16.5. The number of carbonyl (C=O) groups excluding carboxylic acids is 1. The molecule has 0 amide bonds. The molecule has 1 heterocycles. The van der Waals surface area contributed by atoms with Gasteiger partial charge < -0.3 is 10.1 Å². The van der Waals surface area contributed by atoms with Crippen LogP contribution in [0.3, 0.4) is 0 Å². The molecule has 74 valence electrons. The summed E-state index contributed by atoms with van der Waals surface area (Å²) >= 11 is 0. The molecule has 0 aromatic carbocycles. The standard InChI is InChI=1S/C10H17NO2/c1-2-13-10(12)7-3-8-5-11-6-9(8)4-7/h7-9,11H,2-6H2,1H3. The molecule has 2 aliphatic rings. The first-order valence-electron chi connectivity index (χ1n) is 5.18. The number of hydrogen-bond donors (Lipinski definition) is 1. The highest BCUT2D eigenvalue weighted by Gasteiger charge is 2.40. The van der Waals surface area contributed by atoms with Gasteiger partial charge in [-0.1, -0.05) is 0 Å². The maximum absolute atomic E-state index is 11.4. The highest BCUT2D eigenvalue weighted by Crippen LogP contribution is 2.38. The van der Waals surface area contributed by atoms with Gasteiger partial charge in [0.25, 0.3) is 0 Å². The molecule has 13 heavy (non-hydrogen) atoms. The first-order chi connectivity index (χ1) is 6.31. The summed E-state index contributed by atoms with van der Waals surface area (Å²) in [6.45, 7) is 4.58. The average Bonchev–Trinajstić information content (AvgIpc) is 2.61. The second kappa shape index (κ2) is 3.66. The Kier molecular flexibility index (Phi) is 2.54. The van der Waals surface area contributed by atoms with Crippen LogP contribution in [-0.2, 0) is 9.53 Å². The van der Waals surface area contributed by atoms with Crippen LogP contribution in [0, 0.1) is 17.8 Å². The summed E-state index contributed by atoms with van der Waals surface area (Å²) in [5.74, 6) is 1.68. The summed E-state index contributed by atoms with van der Waals surface area (Å²) in [6.07, 6.45) is 2.08. The van der Waals surface area contributed by atoms with E-state index in [9.17, 15) is 4.79 Å². The lowest BCUT2D eigenvalue weighted by atomic mass is 10.0. The topological polar surface area (TPSA) is 38.3 Å². The molecular formula is C10H17NO2. The fraction of sp³-hybridized carbons (Fsp3) is 0.900. The predicted molar refractivity (Wildman–Crippen MR) is 49.2 cm³/mol. The Balaban J connectivity index is 1.87. The molecule has 1 saturated carbocycles. The fourth-order valence-corrected chi connectivity index (χ4v) is 2.62. The van der Waals surface area contributed by atoms with Crippen molar-refractivity contribution in [2.75, 3.05) is 19.7 Å². The predicted octanol–water partition coefficient (Wildman–Crippen LogP) is 0.795. The van der Waals surface area contributed by atoms with Crippen LogP contribution < -0.4 is 5.32 Å². The molecule has 0 aromatic rings. The number of rotatable bonds is 2. The highest BCUT2D eigenvalue weighted by molar-refractivity contribution is 5.72. The van der Waals surface area contributed by atoms with Gasteiger partial charge in [0.2, 0.25) is 0 Å². The van der Waals surface area contributed by atoms with Crippen LogP contribution in [0.25, 0.3) is 0 Å². The molecule has 2 atom stereocenters. The molecule has 1 N–H and O–H groups in total. The number of hydrogen-bond acceptors (Lipinski definition) is 3. The van der Waals surface area contributed by atoms with E-state index in [1.807, 2.05) is 6.92 Å². The Hall–Kier alpha value is -0.570. The van der Waals surface area contributed by atoms with Crippen LogP contribution in [0.5, 0.6) is 0 Å². The minimum atomic E-state index is 0.0249. The van der Waals surface area contributed by atoms with Gasteiger partial charge in [-0.05, 0) is 44.7 Å². The second-order valence-electron chi connectivity index (χ2n) is 4.10. The van der Waals surface area contributed by atoms with Crippen molar-refractivity contribution in [3.63, 3.8) is 0 Å². The third-order valence-electron chi connectivity index (χ3n) is 3.27. The van der Waals surface area contributed by atoms with E-state index in [1.54, 1.807) is 0 Å². The molecule has 1 aliphatic heterocycles. The quantitative estimate of drug-likeness (QED) is 0.643. The van der Waals surface area contributed by atoms with Crippen LogP contribution in [0.4, 0.5) is 0 Å². The Bertz CT molecular complexity index is 193. The number of esters is 1. The van der Waals surface area contributed by atoms with E-state index in [2.05, 4.69) is 5.32 Å². The molecule has 0 bridgehead atoms. The van der Waals surface area contributed by atoms with Crippen molar-refractivity contribution in [2.24, 2.45) is 17.8 Å². The summed E-state index contributed by atoms with van der Waals surface area (Å²) < 4.78 is 5.03. The zero-order valence-corrected chi connectivity index (χ0v) is 8.08. The first-order valence-corrected chi connectivity index (χ1v) is 5.18. The molecule has 2 unspecified atom stereocenters. The van der Waals surface area contributed by atoms with Crippen molar-refractivity contribution in [1.82, 2.24) is 5.32 Å². The van der Waals surface area contributed by atoms with Crippen LogP contribution in [-0.4, -0.2) is 25.7 Å². The Morgan fingerprint density at radius 2 is 2.00 bits per heavy atom. The average molecular weight is 183 g/mol. The Labute approximate surface area is 78.8 Å². The van der Waals surface area contributed by atoms with Crippen LogP contribution in [0.2, 0.25) is 0 Å². The molecular weight excluding hydrogens is 166 g/mol. The number of ether oxygens (including phenoxy) is 1. The molecule has 2 fully saturated rings. The number of carbonyl (C=O) groups is 1. The summed E-state index contributed by atoms with van der Waals surface area (Å²) in [4.78, 5) is 11.4. The summed E-state index contributed by atoms with van der Waals surface area (Å²) in [5, 5.41) is 3.36. The molecule has 3 nitrogen and oxygen atoms in total. The molecule has 0 spiro atoms. The molecule has 0 aromatic heterocycles. The summed E-state index contributed by atoms with van der Waals surface area (Å²) in [5.41, 5.74) is 0. The van der Waals surface area contributed by atoms with Gasteiger partial charge in [0.05, 0.1) is 12.5 Å². The normalized spacial score (nSPS) is 37.5. The Morgan fingerprint density at radius 3 is 2.54 bits per heavy atom. The van der Waals surface area contributed by atoms with Gasteiger partial charge in [-0.2, -0.15) is 0 Å². The van der Waals surface area contributed by atoms with Crippen LogP contribution >= 0.6 is 0 Å². The third-order valence-corrected chi connectivity index (χ3v) is 3.27. The van der Waals surface area contributed by atoms with E-state index in [0.717, 1.165) is 37.8 Å². The lowest BCUT2D eigenvalue weighted by Gasteiger charge is -2.09. The van der Waals surface area contributed by atoms with Gasteiger partial charge in [0.15, 0.2) is 0 Å². The van der Waals surface area contributed by atoms with Gasteiger partial charge in [0, 0.05) is 0 Å². The van der Waals surface area contributed by atoms with E-state index < -0.39 is 0 Å². The minimum Gasteiger partial charge on any atom is -0.466 e. The monoisotopic (exact) mass is 183 g/mol. The van der Waals surface area contributed by atoms with E-state index in [4.69, 9.17) is 4.74 Å². The summed E-state index contributed by atoms with van der Waals surface area (Å²) in [6, 6.07) is 0. The first kappa shape index (κ1) is 9.00.